The Morgan fingerprint density at radius 3 is 2.75 bits per heavy atom. The SMILES string of the molecule is O=c1ccc(-c2ccncc2)nn1CC1CN(Cc2n[nH]c3c2CCCC3)C1. The topological polar surface area (TPSA) is 79.7 Å². The molecule has 0 aromatic carbocycles. The summed E-state index contributed by atoms with van der Waals surface area (Å²) in [5.41, 5.74) is 5.73. The Hall–Kier alpha value is -2.80. The molecule has 1 fully saturated rings. The third-order valence-corrected chi connectivity index (χ3v) is 5.82. The van der Waals surface area contributed by atoms with Crippen LogP contribution in [0.3, 0.4) is 0 Å². The minimum absolute atomic E-state index is 0.0439. The Morgan fingerprint density at radius 2 is 1.89 bits per heavy atom. The van der Waals surface area contributed by atoms with Crippen molar-refractivity contribution in [1.29, 1.82) is 0 Å². The fourth-order valence-electron chi connectivity index (χ4n) is 4.31. The molecule has 1 N–H and O–H groups in total. The van der Waals surface area contributed by atoms with E-state index in [1.165, 1.54) is 29.8 Å². The van der Waals surface area contributed by atoms with Crippen LogP contribution in [0.15, 0.2) is 41.5 Å². The predicted octanol–water partition coefficient (Wildman–Crippen LogP) is 2.04. The highest BCUT2D eigenvalue weighted by atomic mass is 16.1. The first-order valence-corrected chi connectivity index (χ1v) is 10.0. The van der Waals surface area contributed by atoms with Gasteiger partial charge in [0.1, 0.15) is 0 Å². The maximum absolute atomic E-state index is 12.2. The molecule has 7 nitrogen and oxygen atoms in total. The van der Waals surface area contributed by atoms with E-state index in [1.54, 1.807) is 29.2 Å². The van der Waals surface area contributed by atoms with Gasteiger partial charge in [0, 0.05) is 55.3 Å². The van der Waals surface area contributed by atoms with E-state index in [1.807, 2.05) is 12.1 Å². The van der Waals surface area contributed by atoms with Crippen molar-refractivity contribution in [3.8, 4) is 11.3 Å². The van der Waals surface area contributed by atoms with Crippen LogP contribution in [-0.4, -0.2) is 43.0 Å². The Bertz CT molecular complexity index is 1020. The molecule has 0 atom stereocenters. The van der Waals surface area contributed by atoms with Crippen molar-refractivity contribution in [1.82, 2.24) is 29.9 Å². The van der Waals surface area contributed by atoms with Gasteiger partial charge in [-0.2, -0.15) is 10.2 Å². The van der Waals surface area contributed by atoms with E-state index in [0.29, 0.717) is 12.5 Å². The number of rotatable bonds is 5. The van der Waals surface area contributed by atoms with E-state index in [9.17, 15) is 4.79 Å². The molecule has 28 heavy (non-hydrogen) atoms. The van der Waals surface area contributed by atoms with Crippen molar-refractivity contribution < 1.29 is 0 Å². The fraction of sp³-hybridized carbons (Fsp3) is 0.429. The number of aromatic amines is 1. The van der Waals surface area contributed by atoms with Crippen LogP contribution in [0.4, 0.5) is 0 Å². The molecule has 2 aliphatic rings. The van der Waals surface area contributed by atoms with Crippen LogP contribution in [0, 0.1) is 5.92 Å². The zero-order chi connectivity index (χ0) is 18.9. The Labute approximate surface area is 163 Å². The monoisotopic (exact) mass is 376 g/mol. The van der Waals surface area contributed by atoms with Gasteiger partial charge in [-0.15, -0.1) is 0 Å². The van der Waals surface area contributed by atoms with Crippen LogP contribution < -0.4 is 5.56 Å². The maximum atomic E-state index is 12.2. The zero-order valence-electron chi connectivity index (χ0n) is 15.8. The fourth-order valence-corrected chi connectivity index (χ4v) is 4.31. The third-order valence-electron chi connectivity index (χ3n) is 5.82. The average Bonchev–Trinajstić information content (AvgIpc) is 3.11. The van der Waals surface area contributed by atoms with Gasteiger partial charge in [-0.3, -0.25) is 19.8 Å². The predicted molar refractivity (Wildman–Crippen MR) is 106 cm³/mol. The standard InChI is InChI=1S/C21H24N6O/c28-21-6-5-18(16-7-9-22-10-8-16)25-27(21)13-15-11-26(12-15)14-20-17-3-1-2-4-19(17)23-24-20/h5-10,15H,1-4,11-14H2,(H,23,24). The number of fused-ring (bicyclic) bond motifs is 1. The van der Waals surface area contributed by atoms with Crippen molar-refractivity contribution in [2.45, 2.75) is 38.8 Å². The van der Waals surface area contributed by atoms with Gasteiger partial charge in [-0.05, 0) is 49.4 Å². The molecule has 0 amide bonds. The lowest BCUT2D eigenvalue weighted by Crippen LogP contribution is -2.49. The molecule has 7 heteroatoms. The highest BCUT2D eigenvalue weighted by molar-refractivity contribution is 5.56. The number of aryl methyl sites for hydroxylation is 1. The summed E-state index contributed by atoms with van der Waals surface area (Å²) in [7, 11) is 0. The largest absolute Gasteiger partial charge is 0.297 e. The van der Waals surface area contributed by atoms with Gasteiger partial charge in [-0.1, -0.05) is 0 Å². The molecule has 144 valence electrons. The van der Waals surface area contributed by atoms with Crippen LogP contribution in [0.25, 0.3) is 11.3 Å². The second kappa shape index (κ2) is 7.31. The summed E-state index contributed by atoms with van der Waals surface area (Å²) < 4.78 is 1.61. The van der Waals surface area contributed by atoms with E-state index in [4.69, 9.17) is 0 Å². The molecule has 0 bridgehead atoms. The normalized spacial score (nSPS) is 17.3. The number of pyridine rings is 1. The van der Waals surface area contributed by atoms with Crippen molar-refractivity contribution in [3.63, 3.8) is 0 Å². The van der Waals surface area contributed by atoms with Crippen molar-refractivity contribution in [2.75, 3.05) is 13.1 Å². The van der Waals surface area contributed by atoms with E-state index in [-0.39, 0.29) is 5.56 Å². The highest BCUT2D eigenvalue weighted by Crippen LogP contribution is 2.26. The van der Waals surface area contributed by atoms with Crippen LogP contribution in [0.5, 0.6) is 0 Å². The number of nitrogens with one attached hydrogen (secondary N) is 1. The van der Waals surface area contributed by atoms with E-state index < -0.39 is 0 Å². The van der Waals surface area contributed by atoms with Gasteiger partial charge in [0.05, 0.1) is 17.9 Å². The first-order valence-electron chi connectivity index (χ1n) is 10.0. The molecule has 4 heterocycles. The molecule has 3 aromatic rings. The summed E-state index contributed by atoms with van der Waals surface area (Å²) in [5, 5.41) is 12.3. The molecular formula is C21H24N6O. The number of hydrogen-bond donors (Lipinski definition) is 1. The molecule has 1 aliphatic carbocycles. The summed E-state index contributed by atoms with van der Waals surface area (Å²) in [6.07, 6.45) is 8.30. The van der Waals surface area contributed by atoms with Gasteiger partial charge in [-0.25, -0.2) is 4.68 Å². The van der Waals surface area contributed by atoms with Crippen molar-refractivity contribution >= 4 is 0 Å². The second-order valence-electron chi connectivity index (χ2n) is 7.87. The van der Waals surface area contributed by atoms with Crippen LogP contribution in [0.1, 0.15) is 29.8 Å². The average molecular weight is 376 g/mol. The number of nitrogens with zero attached hydrogens (tertiary/aromatic N) is 5. The quantitative estimate of drug-likeness (QED) is 0.737. The van der Waals surface area contributed by atoms with Gasteiger partial charge >= 0.3 is 0 Å². The second-order valence-corrected chi connectivity index (χ2v) is 7.87. The minimum atomic E-state index is -0.0439. The molecule has 3 aromatic heterocycles. The number of likely N-dealkylation sites (tertiary alicyclic amines) is 1. The first-order chi connectivity index (χ1) is 13.8. The summed E-state index contributed by atoms with van der Waals surface area (Å²) in [5.74, 6) is 0.452. The van der Waals surface area contributed by atoms with Gasteiger partial charge < -0.3 is 0 Å². The van der Waals surface area contributed by atoms with E-state index in [0.717, 1.165) is 43.7 Å². The molecular weight excluding hydrogens is 352 g/mol. The number of H-pyrrole nitrogens is 1. The summed E-state index contributed by atoms with van der Waals surface area (Å²) >= 11 is 0. The lowest BCUT2D eigenvalue weighted by Gasteiger charge is -2.39. The van der Waals surface area contributed by atoms with E-state index >= 15 is 0 Å². The van der Waals surface area contributed by atoms with Crippen LogP contribution >= 0.6 is 0 Å². The molecule has 0 spiro atoms. The lowest BCUT2D eigenvalue weighted by atomic mass is 9.94. The van der Waals surface area contributed by atoms with Crippen molar-refractivity contribution in [3.05, 3.63) is 64.0 Å². The molecule has 1 saturated heterocycles. The lowest BCUT2D eigenvalue weighted by molar-refractivity contribution is 0.0752. The summed E-state index contributed by atoms with van der Waals surface area (Å²) in [6.45, 7) is 3.53. The van der Waals surface area contributed by atoms with E-state index in [2.05, 4.69) is 25.2 Å². The van der Waals surface area contributed by atoms with Crippen molar-refractivity contribution in [2.24, 2.45) is 5.92 Å². The van der Waals surface area contributed by atoms with Gasteiger partial charge in [0.2, 0.25) is 0 Å². The minimum Gasteiger partial charge on any atom is -0.297 e. The molecule has 0 unspecified atom stereocenters. The first kappa shape index (κ1) is 17.3. The molecule has 5 rings (SSSR count). The zero-order valence-corrected chi connectivity index (χ0v) is 15.8. The smallest absolute Gasteiger partial charge is 0.266 e. The maximum Gasteiger partial charge on any atom is 0.266 e. The molecule has 0 radical (unpaired) electrons. The van der Waals surface area contributed by atoms with Gasteiger partial charge in [0.25, 0.3) is 5.56 Å². The summed E-state index contributed by atoms with van der Waals surface area (Å²) in [6, 6.07) is 7.21. The van der Waals surface area contributed by atoms with Crippen LogP contribution in [0.2, 0.25) is 0 Å². The number of hydrogen-bond acceptors (Lipinski definition) is 5. The van der Waals surface area contributed by atoms with Crippen LogP contribution in [-0.2, 0) is 25.9 Å². The highest BCUT2D eigenvalue weighted by Gasteiger charge is 2.29. The molecule has 0 saturated carbocycles. The summed E-state index contributed by atoms with van der Waals surface area (Å²) in [4.78, 5) is 18.7. The Morgan fingerprint density at radius 1 is 1.07 bits per heavy atom. The third kappa shape index (κ3) is 3.38. The Balaban J connectivity index is 1.22. The molecule has 1 aliphatic heterocycles. The number of aromatic nitrogens is 5. The Kier molecular flexibility index (Phi) is 4.52. The van der Waals surface area contributed by atoms with Gasteiger partial charge in [0.15, 0.2) is 0 Å².